The quantitative estimate of drug-likeness (QED) is 0.800. The summed E-state index contributed by atoms with van der Waals surface area (Å²) in [6.45, 7) is 5.50. The van der Waals surface area contributed by atoms with Crippen molar-refractivity contribution in [3.8, 4) is 0 Å². The van der Waals surface area contributed by atoms with Crippen molar-refractivity contribution in [1.29, 1.82) is 0 Å². The number of sulfonamides is 1. The average molecular weight is 372 g/mol. The van der Waals surface area contributed by atoms with Crippen molar-refractivity contribution in [2.45, 2.75) is 6.92 Å². The van der Waals surface area contributed by atoms with Gasteiger partial charge >= 0.3 is 0 Å². The molecule has 8 heteroatoms. The predicted molar refractivity (Wildman–Crippen MR) is 94.9 cm³/mol. The van der Waals surface area contributed by atoms with Crippen LogP contribution in [0.1, 0.15) is 5.56 Å². The molecule has 3 rings (SSSR count). The average Bonchev–Trinajstić information content (AvgIpc) is 2.47. The van der Waals surface area contributed by atoms with Gasteiger partial charge in [-0.15, -0.1) is 0 Å². The van der Waals surface area contributed by atoms with E-state index in [0.717, 1.165) is 18.8 Å². The Morgan fingerprint density at radius 2 is 1.79 bits per heavy atom. The van der Waals surface area contributed by atoms with Crippen LogP contribution in [0.3, 0.4) is 0 Å². The third kappa shape index (κ3) is 3.53. The van der Waals surface area contributed by atoms with Gasteiger partial charge in [0.1, 0.15) is 0 Å². The van der Waals surface area contributed by atoms with Gasteiger partial charge in [-0.1, -0.05) is 17.7 Å². The van der Waals surface area contributed by atoms with E-state index < -0.39 is 10.0 Å². The third-order valence-corrected chi connectivity index (χ3v) is 6.24. The summed E-state index contributed by atoms with van der Waals surface area (Å²) in [5.41, 5.74) is 2.28. The maximum absolute atomic E-state index is 12.5. The molecule has 2 aliphatic heterocycles. The molecule has 24 heavy (non-hydrogen) atoms. The number of halogens is 1. The lowest BCUT2D eigenvalue weighted by molar-refractivity contribution is -0.139. The second-order valence-corrected chi connectivity index (χ2v) is 8.94. The number of hydrogen-bond donors (Lipinski definition) is 0. The third-order valence-electron chi connectivity index (χ3n) is 4.77. The van der Waals surface area contributed by atoms with Crippen molar-refractivity contribution in [2.75, 3.05) is 50.4 Å². The van der Waals surface area contributed by atoms with Crippen LogP contribution in [0.25, 0.3) is 0 Å². The zero-order chi connectivity index (χ0) is 17.5. The van der Waals surface area contributed by atoms with Crippen LogP contribution in [0.5, 0.6) is 0 Å². The zero-order valence-corrected chi connectivity index (χ0v) is 15.5. The number of hydrogen-bond acceptors (Lipinski definition) is 4. The number of amides is 1. The molecule has 2 heterocycles. The summed E-state index contributed by atoms with van der Waals surface area (Å²) in [5, 5.41) is 0.712. The topological polar surface area (TPSA) is 60.9 Å². The van der Waals surface area contributed by atoms with Crippen molar-refractivity contribution in [3.05, 3.63) is 28.8 Å². The lowest BCUT2D eigenvalue weighted by atomic mass is 10.0. The van der Waals surface area contributed by atoms with Crippen LogP contribution in [0.2, 0.25) is 5.02 Å². The monoisotopic (exact) mass is 371 g/mol. The number of nitrogens with zero attached hydrogens (tertiary/aromatic N) is 3. The zero-order valence-electron chi connectivity index (χ0n) is 13.9. The van der Waals surface area contributed by atoms with Crippen LogP contribution in [0.4, 0.5) is 5.69 Å². The smallest absolute Gasteiger partial charge is 0.228 e. The van der Waals surface area contributed by atoms with Crippen LogP contribution in [0, 0.1) is 12.8 Å². The van der Waals surface area contributed by atoms with Gasteiger partial charge < -0.3 is 9.80 Å². The van der Waals surface area contributed by atoms with Crippen molar-refractivity contribution in [2.24, 2.45) is 5.92 Å². The van der Waals surface area contributed by atoms with E-state index in [2.05, 4.69) is 11.8 Å². The molecule has 0 aromatic heterocycles. The van der Waals surface area contributed by atoms with Gasteiger partial charge in [0.2, 0.25) is 15.9 Å². The molecule has 1 aromatic rings. The standard InChI is InChI=1S/C16H22ClN3O3S/c1-12-3-4-14(17)9-15(12)18-5-7-19(8-6-18)16(21)13-10-20(11-13)24(2,22)23/h3-4,9,13H,5-8,10-11H2,1-2H3. The fourth-order valence-electron chi connectivity index (χ4n) is 3.21. The number of rotatable bonds is 3. The first kappa shape index (κ1) is 17.5. The molecule has 132 valence electrons. The van der Waals surface area contributed by atoms with Crippen molar-refractivity contribution in [1.82, 2.24) is 9.21 Å². The first-order valence-electron chi connectivity index (χ1n) is 8.01. The Kier molecular flexibility index (Phi) is 4.77. The van der Waals surface area contributed by atoms with Crippen LogP contribution in [0.15, 0.2) is 18.2 Å². The van der Waals surface area contributed by atoms with Gasteiger partial charge in [-0.05, 0) is 24.6 Å². The summed E-state index contributed by atoms with van der Waals surface area (Å²) in [4.78, 5) is 16.6. The van der Waals surface area contributed by atoms with E-state index in [-0.39, 0.29) is 11.8 Å². The molecule has 0 atom stereocenters. The van der Waals surface area contributed by atoms with E-state index >= 15 is 0 Å². The van der Waals surface area contributed by atoms with Gasteiger partial charge in [-0.3, -0.25) is 4.79 Å². The van der Waals surface area contributed by atoms with Gasteiger partial charge in [0.25, 0.3) is 0 Å². The van der Waals surface area contributed by atoms with Gasteiger partial charge in [-0.2, -0.15) is 0 Å². The van der Waals surface area contributed by atoms with Crippen LogP contribution in [-0.4, -0.2) is 69.1 Å². The van der Waals surface area contributed by atoms with Crippen molar-refractivity contribution in [3.63, 3.8) is 0 Å². The highest BCUT2D eigenvalue weighted by molar-refractivity contribution is 7.88. The summed E-state index contributed by atoms with van der Waals surface area (Å²) in [6, 6.07) is 5.85. The molecule has 6 nitrogen and oxygen atoms in total. The summed E-state index contributed by atoms with van der Waals surface area (Å²) in [5.74, 6) is -0.128. The van der Waals surface area contributed by atoms with E-state index in [4.69, 9.17) is 11.6 Å². The van der Waals surface area contributed by atoms with E-state index in [1.165, 1.54) is 16.1 Å². The highest BCUT2D eigenvalue weighted by atomic mass is 35.5. The number of carbonyl (C=O) groups is 1. The lowest BCUT2D eigenvalue weighted by Gasteiger charge is -2.42. The molecule has 2 fully saturated rings. The van der Waals surface area contributed by atoms with Gasteiger partial charge in [-0.25, -0.2) is 12.7 Å². The molecular formula is C16H22ClN3O3S. The maximum Gasteiger partial charge on any atom is 0.228 e. The molecule has 0 radical (unpaired) electrons. The Morgan fingerprint density at radius 1 is 1.17 bits per heavy atom. The fraction of sp³-hybridized carbons (Fsp3) is 0.562. The highest BCUT2D eigenvalue weighted by Gasteiger charge is 2.40. The summed E-state index contributed by atoms with van der Waals surface area (Å²) in [6.07, 6.45) is 1.18. The summed E-state index contributed by atoms with van der Waals surface area (Å²) >= 11 is 6.09. The molecule has 0 unspecified atom stereocenters. The number of carbonyl (C=O) groups excluding carboxylic acids is 1. The molecule has 1 amide bonds. The first-order valence-corrected chi connectivity index (χ1v) is 10.2. The molecule has 0 N–H and O–H groups in total. The van der Waals surface area contributed by atoms with Crippen LogP contribution < -0.4 is 4.90 Å². The number of anilines is 1. The number of benzene rings is 1. The van der Waals surface area contributed by atoms with Gasteiger partial charge in [0.05, 0.1) is 12.2 Å². The lowest BCUT2D eigenvalue weighted by Crippen LogP contribution is -2.58. The Morgan fingerprint density at radius 3 is 2.38 bits per heavy atom. The molecule has 1 aromatic carbocycles. The SMILES string of the molecule is Cc1ccc(Cl)cc1N1CCN(C(=O)C2CN(S(C)(=O)=O)C2)CC1. The van der Waals surface area contributed by atoms with Gasteiger partial charge in [0, 0.05) is 50.0 Å². The minimum absolute atomic E-state index is 0.0670. The molecular weight excluding hydrogens is 350 g/mol. The highest BCUT2D eigenvalue weighted by Crippen LogP contribution is 2.26. The molecule has 0 bridgehead atoms. The molecule has 2 aliphatic rings. The second kappa shape index (κ2) is 6.54. The molecule has 0 spiro atoms. The summed E-state index contributed by atoms with van der Waals surface area (Å²) in [7, 11) is -3.18. The van der Waals surface area contributed by atoms with Crippen molar-refractivity contribution >= 4 is 33.2 Å². The Balaban J connectivity index is 1.56. The number of piperazine rings is 1. The van der Waals surface area contributed by atoms with E-state index in [9.17, 15) is 13.2 Å². The van der Waals surface area contributed by atoms with Crippen molar-refractivity contribution < 1.29 is 13.2 Å². The molecule has 2 saturated heterocycles. The second-order valence-electron chi connectivity index (χ2n) is 6.52. The Labute approximate surface area is 148 Å². The Bertz CT molecular complexity index is 739. The van der Waals surface area contributed by atoms with E-state index in [0.29, 0.717) is 31.2 Å². The maximum atomic E-state index is 12.5. The predicted octanol–water partition coefficient (Wildman–Crippen LogP) is 1.19. The van der Waals surface area contributed by atoms with Gasteiger partial charge in [0.15, 0.2) is 0 Å². The minimum atomic E-state index is -3.18. The molecule has 0 saturated carbocycles. The molecule has 0 aliphatic carbocycles. The largest absolute Gasteiger partial charge is 0.368 e. The number of aryl methyl sites for hydroxylation is 1. The fourth-order valence-corrected chi connectivity index (χ4v) is 4.28. The first-order chi connectivity index (χ1) is 11.3. The van der Waals surface area contributed by atoms with E-state index in [1.807, 2.05) is 23.1 Å². The Hall–Kier alpha value is -1.31. The minimum Gasteiger partial charge on any atom is -0.368 e. The van der Waals surface area contributed by atoms with Crippen LogP contribution in [-0.2, 0) is 14.8 Å². The van der Waals surface area contributed by atoms with Crippen LogP contribution >= 0.6 is 11.6 Å². The summed E-state index contributed by atoms with van der Waals surface area (Å²) < 4.78 is 24.1. The van der Waals surface area contributed by atoms with E-state index in [1.54, 1.807) is 0 Å². The normalized spacial score (nSPS) is 20.1.